The molecule has 0 aliphatic heterocycles. The molecule has 0 aromatic rings. The van der Waals surface area contributed by atoms with E-state index >= 15 is 0 Å². The fraction of sp³-hybridized carbons (Fsp3) is 0.800. The summed E-state index contributed by atoms with van der Waals surface area (Å²) < 4.78 is 1.48. The number of unbranched alkanes of at least 4 members (excludes halogenated alkanes) is 1. The monoisotopic (exact) mass is 156 g/mol. The number of carbonyl (C=O) groups excluding carboxylic acids is 1. The summed E-state index contributed by atoms with van der Waals surface area (Å²) in [5.41, 5.74) is 5.46. The Morgan fingerprint density at radius 1 is 1.80 bits per heavy atom. The van der Waals surface area contributed by atoms with Crippen LogP contribution in [-0.2, 0) is 0 Å². The predicted octanol–water partition coefficient (Wildman–Crippen LogP) is 0.417. The van der Waals surface area contributed by atoms with Crippen molar-refractivity contribution in [1.82, 2.24) is 5.48 Å². The van der Waals surface area contributed by atoms with Crippen LogP contribution in [0.1, 0.15) is 19.8 Å². The van der Waals surface area contributed by atoms with Gasteiger partial charge in [0.1, 0.15) is 0 Å². The zero-order valence-electron chi connectivity index (χ0n) is 6.55. The molecule has 0 radical (unpaired) electrons. The number of amides is 2. The molecule has 2 amide bonds. The number of hydrogen-bond acceptors (Lipinski definition) is 2. The quantitative estimate of drug-likeness (QED) is 0.308. The molecule has 0 atom stereocenters. The van der Waals surface area contributed by atoms with Gasteiger partial charge in [-0.05, 0) is 0 Å². The molecule has 0 rings (SSSR count). The molecule has 0 aliphatic rings. The fourth-order valence-electron chi connectivity index (χ4n) is 0.354. The van der Waals surface area contributed by atoms with Crippen molar-refractivity contribution in [2.75, 3.05) is 0 Å². The van der Waals surface area contributed by atoms with Gasteiger partial charge in [-0.2, -0.15) is 0 Å². The van der Waals surface area contributed by atoms with E-state index in [4.69, 9.17) is 5.21 Å². The molecule has 0 bridgehead atoms. The number of urea groups is 1. The van der Waals surface area contributed by atoms with E-state index in [0.717, 1.165) is 0 Å². The Morgan fingerprint density at radius 3 is 2.20 bits per heavy atom. The fourth-order valence-corrected chi connectivity index (χ4v) is 1.06. The van der Waals surface area contributed by atoms with Crippen molar-refractivity contribution in [3.8, 4) is 0 Å². The topological polar surface area (TPSA) is 75.4 Å². The Labute approximate surface area is 78.5 Å². The summed E-state index contributed by atoms with van der Waals surface area (Å²) >= 11 is 1.40. The SMILES string of the molecule is CCC[CH2][Na].NC(=O)NO. The normalized spacial score (nSPS) is 7.60. The number of hydrogen-bond donors (Lipinski definition) is 3. The largest absolute Gasteiger partial charge is 0.350 e. The molecule has 0 saturated carbocycles. The molecule has 0 aromatic carbocycles. The molecule has 0 heterocycles. The molecule has 0 aromatic heterocycles. The van der Waals surface area contributed by atoms with Crippen LogP contribution < -0.4 is 11.2 Å². The Morgan fingerprint density at radius 2 is 2.20 bits per heavy atom. The number of hydroxylamine groups is 1. The van der Waals surface area contributed by atoms with E-state index in [1.165, 1.54) is 49.9 Å². The zero-order chi connectivity index (χ0) is 8.41. The summed E-state index contributed by atoms with van der Waals surface area (Å²) in [7, 11) is 0. The number of primary amides is 1. The first kappa shape index (κ1) is 12.9. The molecule has 0 spiro atoms. The van der Waals surface area contributed by atoms with Gasteiger partial charge >= 0.3 is 57.4 Å². The molecule has 0 fully saturated rings. The van der Waals surface area contributed by atoms with E-state index < -0.39 is 6.03 Å². The van der Waals surface area contributed by atoms with E-state index in [1.807, 2.05) is 0 Å². The molecular formula is C5H13N2NaO2. The van der Waals surface area contributed by atoms with Crippen LogP contribution in [0.5, 0.6) is 0 Å². The molecule has 5 heteroatoms. The number of carbonyl (C=O) groups is 1. The third-order valence-electron chi connectivity index (χ3n) is 0.817. The van der Waals surface area contributed by atoms with E-state index in [9.17, 15) is 4.79 Å². The van der Waals surface area contributed by atoms with Crippen molar-refractivity contribution >= 4 is 34.0 Å². The van der Waals surface area contributed by atoms with E-state index in [-0.39, 0.29) is 0 Å². The van der Waals surface area contributed by atoms with Crippen molar-refractivity contribution < 1.29 is 10.0 Å². The van der Waals surface area contributed by atoms with Crippen LogP contribution in [0.4, 0.5) is 4.79 Å². The molecule has 4 nitrogen and oxygen atoms in total. The first-order valence-electron chi connectivity index (χ1n) is 3.38. The Hall–Kier alpha value is 0.230. The first-order chi connectivity index (χ1) is 4.68. The Bertz CT molecular complexity index is 78.0. The minimum atomic E-state index is -0.940. The van der Waals surface area contributed by atoms with Gasteiger partial charge < -0.3 is 5.73 Å². The first-order valence-corrected chi connectivity index (χ1v) is 4.79. The Balaban J connectivity index is 0. The molecule has 0 saturated heterocycles. The van der Waals surface area contributed by atoms with Gasteiger partial charge in [0, 0.05) is 0 Å². The van der Waals surface area contributed by atoms with Crippen LogP contribution in [0.25, 0.3) is 0 Å². The smallest absolute Gasteiger partial charge is 0.335 e. The van der Waals surface area contributed by atoms with Crippen molar-refractivity contribution in [2.45, 2.75) is 23.4 Å². The summed E-state index contributed by atoms with van der Waals surface area (Å²) in [5.74, 6) is 0. The predicted molar refractivity (Wildman–Crippen MR) is 40.0 cm³/mol. The molecule has 10 heavy (non-hydrogen) atoms. The summed E-state index contributed by atoms with van der Waals surface area (Å²) in [6.07, 6.45) is 2.83. The van der Waals surface area contributed by atoms with Crippen molar-refractivity contribution in [1.29, 1.82) is 0 Å². The summed E-state index contributed by atoms with van der Waals surface area (Å²) in [6, 6.07) is -0.940. The van der Waals surface area contributed by atoms with Gasteiger partial charge in [-0.15, -0.1) is 0 Å². The van der Waals surface area contributed by atoms with Crippen molar-refractivity contribution in [3.63, 3.8) is 0 Å². The van der Waals surface area contributed by atoms with Crippen LogP contribution in [0, 0.1) is 0 Å². The third-order valence-corrected chi connectivity index (χ3v) is 1.52. The molecule has 0 aliphatic carbocycles. The number of nitrogens with one attached hydrogen (secondary N) is 1. The Kier molecular flexibility index (Phi) is 15.4. The third kappa shape index (κ3) is 24.0. The summed E-state index contributed by atoms with van der Waals surface area (Å²) in [5, 5.41) is 7.42. The second-order valence-electron chi connectivity index (χ2n) is 1.83. The van der Waals surface area contributed by atoms with E-state index in [0.29, 0.717) is 0 Å². The standard InChI is InChI=1S/C4H9.CH4N2O2.Na/c1-3-4-2;2-1(4)3-5;/h1,3-4H2,2H3;5H,(H3,2,3,4);. The van der Waals surface area contributed by atoms with E-state index in [2.05, 4.69) is 12.7 Å². The van der Waals surface area contributed by atoms with Crippen molar-refractivity contribution in [2.24, 2.45) is 5.73 Å². The second-order valence-corrected chi connectivity index (χ2v) is 2.83. The summed E-state index contributed by atoms with van der Waals surface area (Å²) in [6.45, 7) is 2.23. The van der Waals surface area contributed by atoms with Gasteiger partial charge in [0.15, 0.2) is 0 Å². The number of rotatable bonds is 2. The van der Waals surface area contributed by atoms with Crippen LogP contribution in [0.15, 0.2) is 0 Å². The maximum Gasteiger partial charge on any atom is 0.335 e. The molecule has 56 valence electrons. The second kappa shape index (κ2) is 12.0. The van der Waals surface area contributed by atoms with Gasteiger partial charge in [-0.25, -0.2) is 10.3 Å². The molecule has 0 unspecified atom stereocenters. The van der Waals surface area contributed by atoms with Gasteiger partial charge in [0.05, 0.1) is 0 Å². The minimum Gasteiger partial charge on any atom is -0.350 e. The molecular weight excluding hydrogens is 143 g/mol. The van der Waals surface area contributed by atoms with Crippen LogP contribution in [-0.4, -0.2) is 39.2 Å². The van der Waals surface area contributed by atoms with Crippen LogP contribution >= 0.6 is 0 Å². The maximum absolute atomic E-state index is 9.23. The van der Waals surface area contributed by atoms with Gasteiger partial charge in [0.2, 0.25) is 0 Å². The zero-order valence-corrected chi connectivity index (χ0v) is 8.55. The van der Waals surface area contributed by atoms with Gasteiger partial charge in [-0.1, -0.05) is 0 Å². The van der Waals surface area contributed by atoms with E-state index in [1.54, 1.807) is 0 Å². The summed E-state index contributed by atoms with van der Waals surface area (Å²) in [4.78, 5) is 9.23. The average Bonchev–Trinajstić information content (AvgIpc) is 1.91. The average molecular weight is 156 g/mol. The minimum absolute atomic E-state index is 0.940. The number of nitrogens with two attached hydrogens (primary N) is 1. The van der Waals surface area contributed by atoms with Crippen molar-refractivity contribution in [3.05, 3.63) is 0 Å². The molecule has 4 N–H and O–H groups in total. The van der Waals surface area contributed by atoms with Crippen LogP contribution in [0.2, 0.25) is 3.67 Å². The van der Waals surface area contributed by atoms with Gasteiger partial charge in [0.25, 0.3) is 0 Å². The maximum atomic E-state index is 9.23. The van der Waals surface area contributed by atoms with Crippen LogP contribution in [0.3, 0.4) is 0 Å². The van der Waals surface area contributed by atoms with Gasteiger partial charge in [-0.3, -0.25) is 5.21 Å².